The van der Waals surface area contributed by atoms with Gasteiger partial charge in [0.05, 0.1) is 6.20 Å². The molecule has 1 atom stereocenters. The lowest BCUT2D eigenvalue weighted by Crippen LogP contribution is -1.99. The fourth-order valence-electron chi connectivity index (χ4n) is 2.54. The number of rotatable bonds is 2. The van der Waals surface area contributed by atoms with Crippen molar-refractivity contribution >= 4 is 0 Å². The van der Waals surface area contributed by atoms with Gasteiger partial charge in [-0.05, 0) is 36.0 Å². The van der Waals surface area contributed by atoms with E-state index in [0.717, 1.165) is 17.5 Å². The van der Waals surface area contributed by atoms with E-state index in [2.05, 4.69) is 17.2 Å². The third kappa shape index (κ3) is 1.87. The van der Waals surface area contributed by atoms with E-state index in [0.29, 0.717) is 0 Å². The topological polar surface area (TPSA) is 38.0 Å². The van der Waals surface area contributed by atoms with Crippen LogP contribution >= 0.6 is 0 Å². The fraction of sp³-hybridized carbons (Fsp3) is 0.357. The van der Waals surface area contributed by atoms with Crippen molar-refractivity contribution in [2.45, 2.75) is 25.4 Å². The summed E-state index contributed by atoms with van der Waals surface area (Å²) in [5.41, 5.74) is 4.65. The second-order valence-corrected chi connectivity index (χ2v) is 4.73. The van der Waals surface area contributed by atoms with Crippen LogP contribution in [0.4, 0.5) is 0 Å². The molecule has 88 valence electrons. The first-order valence-electron chi connectivity index (χ1n) is 6.02. The molecule has 3 heteroatoms. The van der Waals surface area contributed by atoms with E-state index in [1.54, 1.807) is 10.9 Å². The number of aliphatic hydroxyl groups excluding tert-OH is 1. The molecule has 3 rings (SSSR count). The second-order valence-electron chi connectivity index (χ2n) is 4.73. The van der Waals surface area contributed by atoms with Crippen molar-refractivity contribution in [2.24, 2.45) is 7.05 Å². The van der Waals surface area contributed by atoms with E-state index in [1.807, 2.05) is 19.3 Å². The van der Waals surface area contributed by atoms with Crippen LogP contribution in [-0.2, 0) is 19.9 Å². The average molecular weight is 228 g/mol. The molecule has 1 unspecified atom stereocenters. The largest absolute Gasteiger partial charge is 0.384 e. The van der Waals surface area contributed by atoms with Crippen LogP contribution in [0.3, 0.4) is 0 Å². The maximum absolute atomic E-state index is 10.3. The molecule has 1 aliphatic carbocycles. The molecule has 1 aromatic carbocycles. The molecule has 0 spiro atoms. The van der Waals surface area contributed by atoms with E-state index in [-0.39, 0.29) is 0 Å². The van der Waals surface area contributed by atoms with Crippen LogP contribution in [-0.4, -0.2) is 14.9 Å². The highest BCUT2D eigenvalue weighted by molar-refractivity contribution is 5.38. The van der Waals surface area contributed by atoms with Gasteiger partial charge in [0.25, 0.3) is 0 Å². The standard InChI is InChI=1S/C14H16N2O/c1-16-9-13(8-15-16)14(17)12-6-5-10-3-2-4-11(10)7-12/h5-9,14,17H,2-4H2,1H3. The molecule has 1 aliphatic rings. The Kier molecular flexibility index (Phi) is 2.48. The summed E-state index contributed by atoms with van der Waals surface area (Å²) in [6.07, 6.45) is 6.58. The summed E-state index contributed by atoms with van der Waals surface area (Å²) < 4.78 is 1.71. The molecule has 2 aromatic rings. The molecule has 0 bridgehead atoms. The predicted molar refractivity (Wildman–Crippen MR) is 65.7 cm³/mol. The van der Waals surface area contributed by atoms with E-state index in [9.17, 15) is 5.11 Å². The van der Waals surface area contributed by atoms with Gasteiger partial charge >= 0.3 is 0 Å². The molecule has 1 N–H and O–H groups in total. The minimum absolute atomic E-state index is 0.561. The van der Waals surface area contributed by atoms with Crippen molar-refractivity contribution in [1.29, 1.82) is 0 Å². The van der Waals surface area contributed by atoms with Gasteiger partial charge in [-0.25, -0.2) is 0 Å². The quantitative estimate of drug-likeness (QED) is 0.853. The number of aromatic nitrogens is 2. The Morgan fingerprint density at radius 3 is 2.82 bits per heavy atom. The van der Waals surface area contributed by atoms with Crippen molar-refractivity contribution in [2.75, 3.05) is 0 Å². The first kappa shape index (κ1) is 10.5. The lowest BCUT2D eigenvalue weighted by atomic mass is 10.00. The molecular formula is C14H16N2O. The molecule has 17 heavy (non-hydrogen) atoms. The number of hydrogen-bond donors (Lipinski definition) is 1. The molecule has 1 heterocycles. The molecule has 0 saturated heterocycles. The number of nitrogens with zero attached hydrogens (tertiary/aromatic N) is 2. The number of benzene rings is 1. The smallest absolute Gasteiger partial charge is 0.107 e. The lowest BCUT2D eigenvalue weighted by Gasteiger charge is -2.10. The molecule has 0 saturated carbocycles. The predicted octanol–water partition coefficient (Wildman–Crippen LogP) is 1.99. The van der Waals surface area contributed by atoms with Gasteiger partial charge in [0.2, 0.25) is 0 Å². The lowest BCUT2D eigenvalue weighted by molar-refractivity contribution is 0.220. The maximum Gasteiger partial charge on any atom is 0.107 e. The Bertz CT molecular complexity index is 545. The first-order chi connectivity index (χ1) is 8.24. The van der Waals surface area contributed by atoms with Crippen molar-refractivity contribution < 1.29 is 5.11 Å². The van der Waals surface area contributed by atoms with Crippen molar-refractivity contribution in [3.8, 4) is 0 Å². The van der Waals surface area contributed by atoms with Crippen molar-refractivity contribution in [3.63, 3.8) is 0 Å². The Balaban J connectivity index is 1.94. The molecular weight excluding hydrogens is 212 g/mol. The Morgan fingerprint density at radius 1 is 1.24 bits per heavy atom. The SMILES string of the molecule is Cn1cc(C(O)c2ccc3c(c2)CCC3)cn1. The van der Waals surface area contributed by atoms with Gasteiger partial charge in [-0.2, -0.15) is 5.10 Å². The molecule has 0 aliphatic heterocycles. The maximum atomic E-state index is 10.3. The normalized spacial score (nSPS) is 15.9. The van der Waals surface area contributed by atoms with Crippen LogP contribution in [0.15, 0.2) is 30.6 Å². The monoisotopic (exact) mass is 228 g/mol. The van der Waals surface area contributed by atoms with Gasteiger partial charge in [-0.15, -0.1) is 0 Å². The zero-order valence-corrected chi connectivity index (χ0v) is 9.93. The highest BCUT2D eigenvalue weighted by Gasteiger charge is 2.16. The van der Waals surface area contributed by atoms with Crippen LogP contribution in [0.1, 0.15) is 34.8 Å². The highest BCUT2D eigenvalue weighted by atomic mass is 16.3. The Labute approximate surface area is 101 Å². The minimum atomic E-state index is -0.561. The van der Waals surface area contributed by atoms with Gasteiger partial charge in [0.15, 0.2) is 0 Å². The molecule has 0 fully saturated rings. The summed E-state index contributed by atoms with van der Waals surface area (Å²) in [5.74, 6) is 0. The third-order valence-electron chi connectivity index (χ3n) is 3.48. The van der Waals surface area contributed by atoms with Crippen LogP contribution in [0, 0.1) is 0 Å². The number of aliphatic hydroxyl groups is 1. The summed E-state index contributed by atoms with van der Waals surface area (Å²) in [7, 11) is 1.86. The van der Waals surface area contributed by atoms with Crippen molar-refractivity contribution in [1.82, 2.24) is 9.78 Å². The average Bonchev–Trinajstić information content (AvgIpc) is 2.95. The number of hydrogen-bond acceptors (Lipinski definition) is 2. The van der Waals surface area contributed by atoms with Crippen LogP contribution in [0.25, 0.3) is 0 Å². The summed E-state index contributed by atoms with van der Waals surface area (Å²) in [5, 5.41) is 14.4. The summed E-state index contributed by atoms with van der Waals surface area (Å²) in [6, 6.07) is 6.32. The van der Waals surface area contributed by atoms with Gasteiger partial charge in [0.1, 0.15) is 6.10 Å². The zero-order chi connectivity index (χ0) is 11.8. The summed E-state index contributed by atoms with van der Waals surface area (Å²) in [4.78, 5) is 0. The van der Waals surface area contributed by atoms with Crippen LogP contribution < -0.4 is 0 Å². The first-order valence-corrected chi connectivity index (χ1v) is 6.02. The van der Waals surface area contributed by atoms with Crippen molar-refractivity contribution in [3.05, 3.63) is 52.8 Å². The van der Waals surface area contributed by atoms with Crippen LogP contribution in [0.5, 0.6) is 0 Å². The van der Waals surface area contributed by atoms with E-state index in [4.69, 9.17) is 0 Å². The minimum Gasteiger partial charge on any atom is -0.384 e. The second kappa shape index (κ2) is 4.00. The number of fused-ring (bicyclic) bond motifs is 1. The number of aryl methyl sites for hydroxylation is 3. The molecule has 0 amide bonds. The van der Waals surface area contributed by atoms with Gasteiger partial charge in [-0.3, -0.25) is 4.68 Å². The van der Waals surface area contributed by atoms with E-state index in [1.165, 1.54) is 24.0 Å². The Hall–Kier alpha value is -1.61. The van der Waals surface area contributed by atoms with Gasteiger partial charge in [-0.1, -0.05) is 18.2 Å². The molecule has 0 radical (unpaired) electrons. The van der Waals surface area contributed by atoms with Gasteiger partial charge < -0.3 is 5.11 Å². The molecule has 1 aromatic heterocycles. The summed E-state index contributed by atoms with van der Waals surface area (Å²) >= 11 is 0. The highest BCUT2D eigenvalue weighted by Crippen LogP contribution is 2.28. The fourth-order valence-corrected chi connectivity index (χ4v) is 2.54. The van der Waals surface area contributed by atoms with E-state index >= 15 is 0 Å². The zero-order valence-electron chi connectivity index (χ0n) is 9.93. The van der Waals surface area contributed by atoms with Crippen LogP contribution in [0.2, 0.25) is 0 Å². The summed E-state index contributed by atoms with van der Waals surface area (Å²) in [6.45, 7) is 0. The third-order valence-corrected chi connectivity index (χ3v) is 3.48. The van der Waals surface area contributed by atoms with Gasteiger partial charge in [0, 0.05) is 18.8 Å². The Morgan fingerprint density at radius 2 is 2.06 bits per heavy atom. The van der Waals surface area contributed by atoms with E-state index < -0.39 is 6.10 Å². The molecule has 3 nitrogen and oxygen atoms in total.